The first-order chi connectivity index (χ1) is 12.2. The summed E-state index contributed by atoms with van der Waals surface area (Å²) in [7, 11) is 0. The summed E-state index contributed by atoms with van der Waals surface area (Å²) in [6.07, 6.45) is 4.31. The Balaban J connectivity index is 2.30. The summed E-state index contributed by atoms with van der Waals surface area (Å²) in [5, 5.41) is 19.0. The van der Waals surface area contributed by atoms with Gasteiger partial charge in [0.15, 0.2) is 0 Å². The summed E-state index contributed by atoms with van der Waals surface area (Å²) >= 11 is 0. The van der Waals surface area contributed by atoms with Crippen LogP contribution in [0.25, 0.3) is 6.08 Å². The Bertz CT molecular complexity index is 796. The minimum absolute atomic E-state index is 0.000372. The molecule has 0 aliphatic rings. The van der Waals surface area contributed by atoms with E-state index in [9.17, 15) is 15.0 Å². The highest BCUT2D eigenvalue weighted by Gasteiger charge is 2.35. The molecule has 0 saturated carbocycles. The molecular weight excluding hydrogens is 328 g/mol. The Labute approximate surface area is 154 Å². The van der Waals surface area contributed by atoms with E-state index in [1.54, 1.807) is 30.3 Å². The summed E-state index contributed by atoms with van der Waals surface area (Å²) in [5.74, 6) is -0.580. The van der Waals surface area contributed by atoms with Gasteiger partial charge in [0, 0.05) is 0 Å². The molecule has 4 nitrogen and oxygen atoms in total. The Hall–Kier alpha value is -3.01. The summed E-state index contributed by atoms with van der Waals surface area (Å²) in [6, 6.07) is 13.8. The second-order valence-electron chi connectivity index (χ2n) is 7.10. The van der Waals surface area contributed by atoms with Gasteiger partial charge in [-0.25, -0.2) is 4.79 Å². The molecule has 0 aliphatic heterocycles. The number of carboxylic acid groups (broad SMARTS) is 1. The van der Waals surface area contributed by atoms with Crippen molar-refractivity contribution in [1.82, 2.24) is 0 Å². The minimum Gasteiger partial charge on any atom is -0.508 e. The number of hydrogen-bond acceptors (Lipinski definition) is 3. The van der Waals surface area contributed by atoms with E-state index in [1.807, 2.05) is 12.1 Å². The third-order valence-electron chi connectivity index (χ3n) is 4.06. The van der Waals surface area contributed by atoms with Gasteiger partial charge in [0.2, 0.25) is 5.60 Å². The molecule has 0 heterocycles. The van der Waals surface area contributed by atoms with Gasteiger partial charge in [-0.15, -0.1) is 0 Å². The zero-order chi connectivity index (χ0) is 19.4. The average Bonchev–Trinajstić information content (AvgIpc) is 2.59. The molecule has 0 saturated heterocycles. The van der Waals surface area contributed by atoms with Gasteiger partial charge in [-0.2, -0.15) is 0 Å². The lowest BCUT2D eigenvalue weighted by molar-refractivity contribution is -0.147. The van der Waals surface area contributed by atoms with E-state index in [0.717, 1.165) is 11.1 Å². The van der Waals surface area contributed by atoms with Gasteiger partial charge in [0.1, 0.15) is 11.5 Å². The van der Waals surface area contributed by atoms with Crippen LogP contribution in [0.3, 0.4) is 0 Å². The molecule has 0 radical (unpaired) electrons. The molecule has 0 amide bonds. The molecule has 2 N–H and O–H groups in total. The average molecular weight is 352 g/mol. The van der Waals surface area contributed by atoms with E-state index in [1.165, 1.54) is 24.3 Å². The molecule has 1 atom stereocenters. The number of aliphatic carboxylic acids is 1. The van der Waals surface area contributed by atoms with Crippen LogP contribution < -0.4 is 4.74 Å². The molecule has 0 spiro atoms. The van der Waals surface area contributed by atoms with Crippen LogP contribution in [0.5, 0.6) is 11.5 Å². The number of carbonyl (C=O) groups is 1. The smallest absolute Gasteiger partial charge is 0.356 e. The SMILES string of the molecule is C=CC(C=Cc1ccc(O)cc1)(Oc1ccc(C(C)(C)C)cc1)C(=O)O. The second-order valence-corrected chi connectivity index (χ2v) is 7.10. The van der Waals surface area contributed by atoms with Crippen molar-refractivity contribution in [2.75, 3.05) is 0 Å². The second kappa shape index (κ2) is 7.48. The number of benzene rings is 2. The van der Waals surface area contributed by atoms with E-state index >= 15 is 0 Å². The van der Waals surface area contributed by atoms with E-state index in [-0.39, 0.29) is 11.2 Å². The first-order valence-electron chi connectivity index (χ1n) is 8.31. The van der Waals surface area contributed by atoms with E-state index in [4.69, 9.17) is 4.74 Å². The fourth-order valence-electron chi connectivity index (χ4n) is 2.37. The van der Waals surface area contributed by atoms with Crippen molar-refractivity contribution in [3.8, 4) is 11.5 Å². The molecule has 0 bridgehead atoms. The number of phenolic OH excluding ortho intramolecular Hbond substituents is 1. The quantitative estimate of drug-likeness (QED) is 0.734. The molecule has 136 valence electrons. The predicted molar refractivity (Wildman–Crippen MR) is 103 cm³/mol. The van der Waals surface area contributed by atoms with Crippen LogP contribution in [-0.2, 0) is 10.2 Å². The van der Waals surface area contributed by atoms with Crippen LogP contribution in [0.2, 0.25) is 0 Å². The summed E-state index contributed by atoms with van der Waals surface area (Å²) in [5.41, 5.74) is 0.173. The van der Waals surface area contributed by atoms with Crippen LogP contribution >= 0.6 is 0 Å². The fourth-order valence-corrected chi connectivity index (χ4v) is 2.37. The topological polar surface area (TPSA) is 66.8 Å². The van der Waals surface area contributed by atoms with Crippen molar-refractivity contribution >= 4 is 12.0 Å². The van der Waals surface area contributed by atoms with Crippen molar-refractivity contribution in [2.45, 2.75) is 31.8 Å². The molecule has 0 aromatic heterocycles. The first-order valence-corrected chi connectivity index (χ1v) is 8.31. The summed E-state index contributed by atoms with van der Waals surface area (Å²) in [6.45, 7) is 9.95. The van der Waals surface area contributed by atoms with Crippen LogP contribution in [0.1, 0.15) is 31.9 Å². The lowest BCUT2D eigenvalue weighted by atomic mass is 9.87. The highest BCUT2D eigenvalue weighted by molar-refractivity contribution is 5.84. The Morgan fingerprint density at radius 1 is 1.04 bits per heavy atom. The maximum atomic E-state index is 11.9. The molecule has 4 heteroatoms. The Morgan fingerprint density at radius 2 is 1.62 bits per heavy atom. The number of aromatic hydroxyl groups is 1. The maximum absolute atomic E-state index is 11.9. The summed E-state index contributed by atoms with van der Waals surface area (Å²) < 4.78 is 5.77. The number of rotatable bonds is 6. The van der Waals surface area contributed by atoms with Gasteiger partial charge in [-0.1, -0.05) is 57.7 Å². The maximum Gasteiger partial charge on any atom is 0.356 e. The van der Waals surface area contributed by atoms with Crippen LogP contribution in [-0.4, -0.2) is 21.8 Å². The third kappa shape index (κ3) is 4.54. The largest absolute Gasteiger partial charge is 0.508 e. The molecule has 1 unspecified atom stereocenters. The first kappa shape index (κ1) is 19.3. The molecule has 0 fully saturated rings. The summed E-state index contributed by atoms with van der Waals surface area (Å²) in [4.78, 5) is 11.9. The van der Waals surface area contributed by atoms with Crippen LogP contribution in [0.15, 0.2) is 67.3 Å². The van der Waals surface area contributed by atoms with Gasteiger partial charge in [0.05, 0.1) is 0 Å². The van der Waals surface area contributed by atoms with Crippen molar-refractivity contribution < 1.29 is 19.7 Å². The lowest BCUT2D eigenvalue weighted by Crippen LogP contribution is -2.40. The lowest BCUT2D eigenvalue weighted by Gasteiger charge is -2.25. The van der Waals surface area contributed by atoms with Crippen molar-refractivity contribution in [2.24, 2.45) is 0 Å². The number of phenols is 1. The molecule has 2 aromatic rings. The third-order valence-corrected chi connectivity index (χ3v) is 4.06. The Morgan fingerprint density at radius 3 is 2.08 bits per heavy atom. The zero-order valence-corrected chi connectivity index (χ0v) is 15.3. The molecule has 2 aromatic carbocycles. The van der Waals surface area contributed by atoms with Crippen LogP contribution in [0.4, 0.5) is 0 Å². The van der Waals surface area contributed by atoms with E-state index in [2.05, 4.69) is 27.4 Å². The zero-order valence-electron chi connectivity index (χ0n) is 15.3. The van der Waals surface area contributed by atoms with Gasteiger partial charge in [-0.05, 0) is 53.0 Å². The van der Waals surface area contributed by atoms with Gasteiger partial charge in [0.25, 0.3) is 0 Å². The number of carboxylic acids is 1. The van der Waals surface area contributed by atoms with Gasteiger partial charge >= 0.3 is 5.97 Å². The highest BCUT2D eigenvalue weighted by Crippen LogP contribution is 2.27. The molecule has 0 aliphatic carbocycles. The van der Waals surface area contributed by atoms with Gasteiger partial charge in [-0.3, -0.25) is 0 Å². The number of ether oxygens (including phenoxy) is 1. The normalized spacial score (nSPS) is 14.0. The minimum atomic E-state index is -1.69. The van der Waals surface area contributed by atoms with E-state index in [0.29, 0.717) is 5.75 Å². The molecule has 2 rings (SSSR count). The number of hydrogen-bond donors (Lipinski definition) is 2. The van der Waals surface area contributed by atoms with Crippen molar-refractivity contribution in [1.29, 1.82) is 0 Å². The monoisotopic (exact) mass is 352 g/mol. The van der Waals surface area contributed by atoms with Gasteiger partial charge < -0.3 is 14.9 Å². The highest BCUT2D eigenvalue weighted by atomic mass is 16.5. The Kier molecular flexibility index (Phi) is 5.56. The fraction of sp³-hybridized carbons (Fsp3) is 0.227. The molecule has 26 heavy (non-hydrogen) atoms. The van der Waals surface area contributed by atoms with Crippen LogP contribution in [0, 0.1) is 0 Å². The standard InChI is InChI=1S/C22H24O4/c1-5-22(20(24)25,15-14-16-6-10-18(23)11-7-16)26-19-12-8-17(9-13-19)21(2,3)4/h5-15,23H,1H2,2-4H3,(H,24,25). The predicted octanol–water partition coefficient (Wildman–Crippen LogP) is 4.79. The van der Waals surface area contributed by atoms with E-state index < -0.39 is 11.6 Å². The van der Waals surface area contributed by atoms with Crippen molar-refractivity contribution in [3.63, 3.8) is 0 Å². The van der Waals surface area contributed by atoms with Crippen molar-refractivity contribution in [3.05, 3.63) is 78.4 Å². The molecular formula is C22H24O4.